The van der Waals surface area contributed by atoms with Crippen LogP contribution in [0.15, 0.2) is 11.4 Å². The number of aryl methyl sites for hydroxylation is 1. The van der Waals surface area contributed by atoms with Crippen LogP contribution < -0.4 is 5.32 Å². The molecule has 96 valence electrons. The smallest absolute Gasteiger partial charge is 0.158 e. The number of anilines is 1. The zero-order valence-corrected chi connectivity index (χ0v) is 11.7. The van der Waals surface area contributed by atoms with Gasteiger partial charge in [-0.05, 0) is 6.92 Å². The number of hydrogen-bond donors (Lipinski definition) is 1. The molecule has 0 unspecified atom stereocenters. The van der Waals surface area contributed by atoms with Crippen LogP contribution in [0, 0.1) is 6.92 Å². The maximum Gasteiger partial charge on any atom is 0.158 e. The van der Waals surface area contributed by atoms with Crippen LogP contribution in [0.25, 0.3) is 0 Å². The van der Waals surface area contributed by atoms with Crippen molar-refractivity contribution in [3.8, 4) is 0 Å². The first kappa shape index (κ1) is 13.2. The summed E-state index contributed by atoms with van der Waals surface area (Å²) >= 11 is 7.54. The molecule has 0 spiro atoms. The number of ether oxygens (including phenoxy) is 1. The number of rotatable bonds is 5. The van der Waals surface area contributed by atoms with Crippen LogP contribution in [-0.2, 0) is 17.9 Å². The Morgan fingerprint density at radius 2 is 2.22 bits per heavy atom. The van der Waals surface area contributed by atoms with E-state index in [0.717, 1.165) is 10.7 Å². The fourth-order valence-electron chi connectivity index (χ4n) is 1.42. The monoisotopic (exact) mass is 284 g/mol. The second-order valence-electron chi connectivity index (χ2n) is 3.64. The maximum absolute atomic E-state index is 5.91. The molecule has 0 fully saturated rings. The molecule has 0 radical (unpaired) electrons. The third kappa shape index (κ3) is 3.63. The summed E-state index contributed by atoms with van der Waals surface area (Å²) in [6, 6.07) is 1.68. The molecule has 2 aromatic rings. The molecular formula is C11H13ClN4OS. The van der Waals surface area contributed by atoms with Crippen LogP contribution in [0.4, 0.5) is 5.82 Å². The van der Waals surface area contributed by atoms with Gasteiger partial charge in [-0.2, -0.15) is 0 Å². The van der Waals surface area contributed by atoms with Crippen molar-refractivity contribution in [1.29, 1.82) is 0 Å². The van der Waals surface area contributed by atoms with Crippen molar-refractivity contribution in [2.75, 3.05) is 12.4 Å². The highest BCUT2D eigenvalue weighted by molar-refractivity contribution is 7.09. The van der Waals surface area contributed by atoms with Crippen LogP contribution in [0.3, 0.4) is 0 Å². The molecule has 2 rings (SSSR count). The van der Waals surface area contributed by atoms with E-state index in [4.69, 9.17) is 16.3 Å². The standard InChI is InChI=1S/C11H13ClN4OS/c1-7-14-8(6-18-7)4-13-10-3-9(12)15-11(16-10)5-17-2/h3,6H,4-5H2,1-2H3,(H,13,15,16). The molecule has 0 bridgehead atoms. The van der Waals surface area contributed by atoms with E-state index in [1.807, 2.05) is 12.3 Å². The predicted octanol–water partition coefficient (Wildman–Crippen LogP) is 2.65. The largest absolute Gasteiger partial charge is 0.377 e. The summed E-state index contributed by atoms with van der Waals surface area (Å²) in [4.78, 5) is 12.7. The van der Waals surface area contributed by atoms with E-state index >= 15 is 0 Å². The Labute approximate surface area is 114 Å². The molecule has 18 heavy (non-hydrogen) atoms. The number of hydrogen-bond acceptors (Lipinski definition) is 6. The first-order chi connectivity index (χ1) is 8.67. The minimum absolute atomic E-state index is 0.338. The van der Waals surface area contributed by atoms with Gasteiger partial charge in [0, 0.05) is 18.6 Å². The molecule has 0 amide bonds. The van der Waals surface area contributed by atoms with Gasteiger partial charge in [0.15, 0.2) is 5.82 Å². The van der Waals surface area contributed by atoms with E-state index in [1.54, 1.807) is 24.5 Å². The SMILES string of the molecule is COCc1nc(Cl)cc(NCc2csc(C)n2)n1. The van der Waals surface area contributed by atoms with E-state index in [-0.39, 0.29) is 0 Å². The number of halogens is 1. The first-order valence-corrected chi connectivity index (χ1v) is 6.60. The Balaban J connectivity index is 2.04. The van der Waals surface area contributed by atoms with Gasteiger partial charge in [-0.1, -0.05) is 11.6 Å². The highest BCUT2D eigenvalue weighted by atomic mass is 35.5. The third-order valence-electron chi connectivity index (χ3n) is 2.13. The average molecular weight is 285 g/mol. The summed E-state index contributed by atoms with van der Waals surface area (Å²) in [5.41, 5.74) is 0.987. The van der Waals surface area contributed by atoms with Gasteiger partial charge in [-0.3, -0.25) is 0 Å². The van der Waals surface area contributed by atoms with Gasteiger partial charge in [0.25, 0.3) is 0 Å². The number of methoxy groups -OCH3 is 1. The Hall–Kier alpha value is -1.24. The third-order valence-corrected chi connectivity index (χ3v) is 3.15. The van der Waals surface area contributed by atoms with Crippen LogP contribution in [0.1, 0.15) is 16.5 Å². The summed E-state index contributed by atoms with van der Waals surface area (Å²) in [5, 5.41) is 6.63. The fraction of sp³-hybridized carbons (Fsp3) is 0.364. The topological polar surface area (TPSA) is 59.9 Å². The second kappa shape index (κ2) is 6.08. The molecule has 0 aromatic carbocycles. The number of nitrogens with zero attached hydrogens (tertiary/aromatic N) is 3. The molecule has 1 N–H and O–H groups in total. The molecule has 5 nitrogen and oxygen atoms in total. The van der Waals surface area contributed by atoms with Crippen molar-refractivity contribution in [2.24, 2.45) is 0 Å². The highest BCUT2D eigenvalue weighted by Gasteiger charge is 2.04. The van der Waals surface area contributed by atoms with Crippen molar-refractivity contribution in [3.05, 3.63) is 33.1 Å². The summed E-state index contributed by atoms with van der Waals surface area (Å²) in [6.45, 7) is 2.93. The second-order valence-corrected chi connectivity index (χ2v) is 5.09. The fourth-order valence-corrected chi connectivity index (χ4v) is 2.23. The minimum Gasteiger partial charge on any atom is -0.377 e. The Bertz CT molecular complexity index is 532. The lowest BCUT2D eigenvalue weighted by Gasteiger charge is -2.06. The van der Waals surface area contributed by atoms with Gasteiger partial charge in [-0.25, -0.2) is 15.0 Å². The molecule has 0 saturated carbocycles. The van der Waals surface area contributed by atoms with E-state index < -0.39 is 0 Å². The Morgan fingerprint density at radius 1 is 1.39 bits per heavy atom. The highest BCUT2D eigenvalue weighted by Crippen LogP contribution is 2.14. The van der Waals surface area contributed by atoms with Gasteiger partial charge in [-0.15, -0.1) is 11.3 Å². The summed E-state index contributed by atoms with van der Waals surface area (Å²) in [5.74, 6) is 1.23. The molecule has 7 heteroatoms. The lowest BCUT2D eigenvalue weighted by Crippen LogP contribution is -2.05. The zero-order valence-electron chi connectivity index (χ0n) is 10.1. The number of thiazole rings is 1. The van der Waals surface area contributed by atoms with Crippen LogP contribution in [-0.4, -0.2) is 22.1 Å². The predicted molar refractivity (Wildman–Crippen MR) is 71.9 cm³/mol. The van der Waals surface area contributed by atoms with E-state index in [2.05, 4.69) is 20.3 Å². The molecular weight excluding hydrogens is 272 g/mol. The molecule has 0 atom stereocenters. The zero-order chi connectivity index (χ0) is 13.0. The van der Waals surface area contributed by atoms with Crippen molar-refractivity contribution >= 4 is 28.8 Å². The lowest BCUT2D eigenvalue weighted by molar-refractivity contribution is 0.178. The normalized spacial score (nSPS) is 10.6. The summed E-state index contributed by atoms with van der Waals surface area (Å²) in [7, 11) is 1.59. The summed E-state index contributed by atoms with van der Waals surface area (Å²) in [6.07, 6.45) is 0. The number of nitrogens with one attached hydrogen (secondary N) is 1. The molecule has 0 aliphatic rings. The van der Waals surface area contributed by atoms with Crippen LogP contribution >= 0.6 is 22.9 Å². The molecule has 2 aromatic heterocycles. The van der Waals surface area contributed by atoms with Gasteiger partial charge in [0.2, 0.25) is 0 Å². The van der Waals surface area contributed by atoms with E-state index in [1.165, 1.54) is 0 Å². The van der Waals surface area contributed by atoms with Gasteiger partial charge in [0.05, 0.1) is 17.2 Å². The number of aromatic nitrogens is 3. The van der Waals surface area contributed by atoms with E-state index in [9.17, 15) is 0 Å². The van der Waals surface area contributed by atoms with Gasteiger partial charge >= 0.3 is 0 Å². The molecule has 2 heterocycles. The lowest BCUT2D eigenvalue weighted by atomic mass is 10.4. The van der Waals surface area contributed by atoms with E-state index in [0.29, 0.717) is 29.9 Å². The van der Waals surface area contributed by atoms with Crippen molar-refractivity contribution in [3.63, 3.8) is 0 Å². The minimum atomic E-state index is 0.338. The van der Waals surface area contributed by atoms with Gasteiger partial charge in [0.1, 0.15) is 17.6 Å². The quantitative estimate of drug-likeness (QED) is 0.856. The molecule has 0 aliphatic carbocycles. The molecule has 0 aliphatic heterocycles. The van der Waals surface area contributed by atoms with Crippen molar-refractivity contribution in [1.82, 2.24) is 15.0 Å². The maximum atomic E-state index is 5.91. The Morgan fingerprint density at radius 3 is 2.89 bits per heavy atom. The van der Waals surface area contributed by atoms with Crippen molar-refractivity contribution in [2.45, 2.75) is 20.1 Å². The average Bonchev–Trinajstić information content (AvgIpc) is 2.72. The Kier molecular flexibility index (Phi) is 4.46. The van der Waals surface area contributed by atoms with Crippen molar-refractivity contribution < 1.29 is 4.74 Å². The van der Waals surface area contributed by atoms with Crippen LogP contribution in [0.5, 0.6) is 0 Å². The van der Waals surface area contributed by atoms with Gasteiger partial charge < -0.3 is 10.1 Å². The summed E-state index contributed by atoms with van der Waals surface area (Å²) < 4.78 is 4.98. The first-order valence-electron chi connectivity index (χ1n) is 5.34. The molecule has 0 saturated heterocycles. The van der Waals surface area contributed by atoms with Crippen LogP contribution in [0.2, 0.25) is 5.15 Å².